The summed E-state index contributed by atoms with van der Waals surface area (Å²) >= 11 is 1.81. The van der Waals surface area contributed by atoms with Crippen LogP contribution in [0.15, 0.2) is 17.4 Å². The predicted molar refractivity (Wildman–Crippen MR) is 72.0 cm³/mol. The van der Waals surface area contributed by atoms with E-state index in [0.29, 0.717) is 11.2 Å². The van der Waals surface area contributed by atoms with Crippen molar-refractivity contribution in [1.29, 1.82) is 0 Å². The van der Waals surface area contributed by atoms with Gasteiger partial charge in [0.25, 0.3) is 0 Å². The van der Waals surface area contributed by atoms with Crippen LogP contribution >= 0.6 is 11.8 Å². The van der Waals surface area contributed by atoms with Gasteiger partial charge in [0.15, 0.2) is 5.16 Å². The standard InChI is InChI=1S/C13H21N3S/c1-9-3-4-11(8-14)12(7-9)17-13-15-6-5-10(2)16-13/h5-6,9,11-12H,3-4,7-8,14H2,1-2H3. The van der Waals surface area contributed by atoms with Gasteiger partial charge < -0.3 is 5.73 Å². The van der Waals surface area contributed by atoms with Crippen LogP contribution in [0.3, 0.4) is 0 Å². The number of nitrogens with two attached hydrogens (primary N) is 1. The lowest BCUT2D eigenvalue weighted by molar-refractivity contribution is 0.306. The average Bonchev–Trinajstić information content (AvgIpc) is 2.29. The molecule has 1 heterocycles. The first-order chi connectivity index (χ1) is 8.19. The SMILES string of the molecule is Cc1ccnc(SC2CC(C)CCC2CN)n1. The number of nitrogens with zero attached hydrogens (tertiary/aromatic N) is 2. The highest BCUT2D eigenvalue weighted by atomic mass is 32.2. The summed E-state index contributed by atoms with van der Waals surface area (Å²) in [6.45, 7) is 5.13. The van der Waals surface area contributed by atoms with Crippen molar-refractivity contribution < 1.29 is 0 Å². The van der Waals surface area contributed by atoms with Crippen molar-refractivity contribution in [2.45, 2.75) is 43.5 Å². The first kappa shape index (κ1) is 12.8. The highest BCUT2D eigenvalue weighted by Gasteiger charge is 2.29. The number of aryl methyl sites for hydroxylation is 1. The Bertz CT molecular complexity index is 369. The predicted octanol–water partition coefficient (Wildman–Crippen LogP) is 2.64. The van der Waals surface area contributed by atoms with Crippen LogP contribution in [0.25, 0.3) is 0 Å². The number of hydrogen-bond acceptors (Lipinski definition) is 4. The van der Waals surface area contributed by atoms with Gasteiger partial charge in [-0.1, -0.05) is 25.1 Å². The van der Waals surface area contributed by atoms with E-state index in [-0.39, 0.29) is 0 Å². The van der Waals surface area contributed by atoms with Crippen LogP contribution in [-0.2, 0) is 0 Å². The molecule has 0 bridgehead atoms. The molecule has 2 rings (SSSR count). The second kappa shape index (κ2) is 5.83. The molecule has 1 aliphatic carbocycles. The minimum Gasteiger partial charge on any atom is -0.330 e. The van der Waals surface area contributed by atoms with Gasteiger partial charge in [-0.2, -0.15) is 0 Å². The zero-order valence-electron chi connectivity index (χ0n) is 10.6. The highest BCUT2D eigenvalue weighted by molar-refractivity contribution is 7.99. The van der Waals surface area contributed by atoms with Crippen LogP contribution in [0.4, 0.5) is 0 Å². The molecule has 2 N–H and O–H groups in total. The van der Waals surface area contributed by atoms with Crippen molar-refractivity contribution in [3.05, 3.63) is 18.0 Å². The van der Waals surface area contributed by atoms with Crippen LogP contribution < -0.4 is 5.73 Å². The van der Waals surface area contributed by atoms with Crippen LogP contribution in [0, 0.1) is 18.8 Å². The lowest BCUT2D eigenvalue weighted by Gasteiger charge is -2.33. The first-order valence-corrected chi connectivity index (χ1v) is 7.23. The summed E-state index contributed by atoms with van der Waals surface area (Å²) in [7, 11) is 0. The molecule has 1 aromatic rings. The quantitative estimate of drug-likeness (QED) is 0.839. The zero-order chi connectivity index (χ0) is 12.3. The van der Waals surface area contributed by atoms with E-state index in [9.17, 15) is 0 Å². The van der Waals surface area contributed by atoms with E-state index in [4.69, 9.17) is 5.73 Å². The Morgan fingerprint density at radius 2 is 2.29 bits per heavy atom. The summed E-state index contributed by atoms with van der Waals surface area (Å²) in [4.78, 5) is 8.81. The summed E-state index contributed by atoms with van der Waals surface area (Å²) in [6.07, 6.45) is 5.65. The maximum absolute atomic E-state index is 5.87. The Kier molecular flexibility index (Phi) is 4.40. The summed E-state index contributed by atoms with van der Waals surface area (Å²) in [5, 5.41) is 1.49. The van der Waals surface area contributed by atoms with Gasteiger partial charge in [0.2, 0.25) is 0 Å². The topological polar surface area (TPSA) is 51.8 Å². The molecule has 1 aliphatic rings. The lowest BCUT2D eigenvalue weighted by Crippen LogP contribution is -2.31. The number of hydrogen-bond donors (Lipinski definition) is 1. The fourth-order valence-electron chi connectivity index (χ4n) is 2.42. The van der Waals surface area contributed by atoms with Gasteiger partial charge >= 0.3 is 0 Å². The molecule has 3 unspecified atom stereocenters. The van der Waals surface area contributed by atoms with Gasteiger partial charge in [0.1, 0.15) is 0 Å². The third-order valence-corrected chi connectivity index (χ3v) is 4.81. The molecule has 0 spiro atoms. The van der Waals surface area contributed by atoms with Crippen molar-refractivity contribution in [3.63, 3.8) is 0 Å². The molecule has 17 heavy (non-hydrogen) atoms. The van der Waals surface area contributed by atoms with E-state index in [1.165, 1.54) is 19.3 Å². The molecule has 1 aromatic heterocycles. The molecule has 0 aromatic carbocycles. The molecular weight excluding hydrogens is 230 g/mol. The van der Waals surface area contributed by atoms with E-state index < -0.39 is 0 Å². The fourth-order valence-corrected chi connectivity index (χ4v) is 3.88. The Hall–Kier alpha value is -0.610. The minimum absolute atomic E-state index is 0.588. The van der Waals surface area contributed by atoms with Crippen molar-refractivity contribution in [1.82, 2.24) is 9.97 Å². The van der Waals surface area contributed by atoms with E-state index in [0.717, 1.165) is 23.3 Å². The van der Waals surface area contributed by atoms with Gasteiger partial charge in [-0.3, -0.25) is 0 Å². The fraction of sp³-hybridized carbons (Fsp3) is 0.692. The molecule has 4 heteroatoms. The van der Waals surface area contributed by atoms with Crippen molar-refractivity contribution >= 4 is 11.8 Å². The van der Waals surface area contributed by atoms with Crippen LogP contribution in [0.5, 0.6) is 0 Å². The van der Waals surface area contributed by atoms with Gasteiger partial charge in [-0.15, -0.1) is 0 Å². The van der Waals surface area contributed by atoms with Crippen LogP contribution in [-0.4, -0.2) is 21.8 Å². The van der Waals surface area contributed by atoms with Crippen molar-refractivity contribution in [3.8, 4) is 0 Å². The summed E-state index contributed by atoms with van der Waals surface area (Å²) in [5.41, 5.74) is 6.91. The molecule has 0 aliphatic heterocycles. The first-order valence-electron chi connectivity index (χ1n) is 6.35. The smallest absolute Gasteiger partial charge is 0.188 e. The second-order valence-corrected chi connectivity index (χ2v) is 6.26. The molecule has 3 atom stereocenters. The number of aromatic nitrogens is 2. The monoisotopic (exact) mass is 251 g/mol. The highest BCUT2D eigenvalue weighted by Crippen LogP contribution is 2.38. The number of thioether (sulfide) groups is 1. The molecule has 0 radical (unpaired) electrons. The van der Waals surface area contributed by atoms with Gasteiger partial charge in [-0.05, 0) is 44.2 Å². The minimum atomic E-state index is 0.588. The van der Waals surface area contributed by atoms with E-state index in [1.807, 2.05) is 30.9 Å². The van der Waals surface area contributed by atoms with Gasteiger partial charge in [0.05, 0.1) is 0 Å². The molecule has 1 fully saturated rings. The number of rotatable bonds is 3. The molecular formula is C13H21N3S. The molecule has 3 nitrogen and oxygen atoms in total. The lowest BCUT2D eigenvalue weighted by atomic mass is 9.82. The Labute approximate surface area is 108 Å². The average molecular weight is 251 g/mol. The molecule has 0 saturated heterocycles. The van der Waals surface area contributed by atoms with E-state index in [2.05, 4.69) is 16.9 Å². The van der Waals surface area contributed by atoms with Crippen molar-refractivity contribution in [2.24, 2.45) is 17.6 Å². The second-order valence-electron chi connectivity index (χ2n) is 5.05. The Balaban J connectivity index is 2.04. The Morgan fingerprint density at radius 3 is 3.00 bits per heavy atom. The van der Waals surface area contributed by atoms with Crippen LogP contribution in [0.1, 0.15) is 31.9 Å². The molecule has 1 saturated carbocycles. The maximum Gasteiger partial charge on any atom is 0.188 e. The third kappa shape index (κ3) is 3.42. The van der Waals surface area contributed by atoms with Gasteiger partial charge in [0, 0.05) is 17.1 Å². The van der Waals surface area contributed by atoms with Crippen LogP contribution in [0.2, 0.25) is 0 Å². The summed E-state index contributed by atoms with van der Waals surface area (Å²) in [5.74, 6) is 1.43. The molecule has 0 amide bonds. The van der Waals surface area contributed by atoms with E-state index in [1.54, 1.807) is 0 Å². The summed E-state index contributed by atoms with van der Waals surface area (Å²) < 4.78 is 0. The third-order valence-electron chi connectivity index (χ3n) is 3.52. The summed E-state index contributed by atoms with van der Waals surface area (Å²) in [6, 6.07) is 1.94. The Morgan fingerprint density at radius 1 is 1.47 bits per heavy atom. The maximum atomic E-state index is 5.87. The largest absolute Gasteiger partial charge is 0.330 e. The normalized spacial score (nSPS) is 29.2. The van der Waals surface area contributed by atoms with E-state index >= 15 is 0 Å². The molecule has 94 valence electrons. The van der Waals surface area contributed by atoms with Gasteiger partial charge in [-0.25, -0.2) is 9.97 Å². The van der Waals surface area contributed by atoms with Crippen molar-refractivity contribution in [2.75, 3.05) is 6.54 Å². The zero-order valence-corrected chi connectivity index (χ0v) is 11.4.